The summed E-state index contributed by atoms with van der Waals surface area (Å²) >= 11 is 0. The van der Waals surface area contributed by atoms with E-state index in [4.69, 9.17) is 9.47 Å². The van der Waals surface area contributed by atoms with Gasteiger partial charge >= 0.3 is 0 Å². The number of nitrogens with zero attached hydrogens (tertiary/aromatic N) is 3. The number of amides is 1. The number of hydrogen-bond donors (Lipinski definition) is 0. The Morgan fingerprint density at radius 1 is 1.07 bits per heavy atom. The summed E-state index contributed by atoms with van der Waals surface area (Å²) in [5.74, 6) is 1.62. The Balaban J connectivity index is 1.24. The summed E-state index contributed by atoms with van der Waals surface area (Å²) in [4.78, 5) is 20.4. The predicted molar refractivity (Wildman–Crippen MR) is 106 cm³/mol. The van der Waals surface area contributed by atoms with Crippen molar-refractivity contribution in [2.45, 2.75) is 24.9 Å². The smallest absolute Gasteiger partial charge is 0.227 e. The number of benzene rings is 1. The molecule has 6 heteroatoms. The molecule has 3 saturated heterocycles. The van der Waals surface area contributed by atoms with Gasteiger partial charge in [-0.15, -0.1) is 0 Å². The number of carbonyl (C=O) groups is 1. The van der Waals surface area contributed by atoms with Gasteiger partial charge in [0, 0.05) is 56.3 Å². The fourth-order valence-electron chi connectivity index (χ4n) is 5.71. The number of para-hydroxylation sites is 1. The first kappa shape index (κ1) is 18.4. The van der Waals surface area contributed by atoms with E-state index in [0.29, 0.717) is 24.6 Å². The lowest BCUT2D eigenvalue weighted by Gasteiger charge is -2.41. The number of ether oxygens (including phenoxy) is 2. The second-order valence-electron chi connectivity index (χ2n) is 8.71. The SMILES string of the molecule is CN1C[C@@H](C(=O)N2CCC(N3CCOCC3)CC2)[C@@H]2COc3ccccc3[C@@H]21. The first-order valence-corrected chi connectivity index (χ1v) is 10.7. The molecule has 5 rings (SSSR count). The molecular formula is C22H31N3O3. The van der Waals surface area contributed by atoms with Crippen LogP contribution in [0.25, 0.3) is 0 Å². The molecule has 152 valence electrons. The average Bonchev–Trinajstić information content (AvgIpc) is 3.11. The summed E-state index contributed by atoms with van der Waals surface area (Å²) in [6, 6.07) is 9.20. The lowest BCUT2D eigenvalue weighted by molar-refractivity contribution is -0.138. The minimum absolute atomic E-state index is 0.0447. The van der Waals surface area contributed by atoms with Crippen molar-refractivity contribution in [1.82, 2.24) is 14.7 Å². The highest BCUT2D eigenvalue weighted by Gasteiger charge is 2.48. The van der Waals surface area contributed by atoms with Crippen LogP contribution in [0.5, 0.6) is 5.75 Å². The Bertz CT molecular complexity index is 713. The second-order valence-corrected chi connectivity index (χ2v) is 8.71. The fourth-order valence-corrected chi connectivity index (χ4v) is 5.71. The average molecular weight is 386 g/mol. The van der Waals surface area contributed by atoms with Crippen LogP contribution in [0.3, 0.4) is 0 Å². The Hall–Kier alpha value is -1.63. The normalized spacial score (nSPS) is 31.9. The van der Waals surface area contributed by atoms with E-state index in [0.717, 1.165) is 64.5 Å². The van der Waals surface area contributed by atoms with Gasteiger partial charge in [-0.1, -0.05) is 18.2 Å². The molecule has 0 saturated carbocycles. The highest BCUT2D eigenvalue weighted by atomic mass is 16.5. The van der Waals surface area contributed by atoms with Gasteiger partial charge in [-0.2, -0.15) is 0 Å². The van der Waals surface area contributed by atoms with Crippen LogP contribution < -0.4 is 4.74 Å². The lowest BCUT2D eigenvalue weighted by Crippen LogP contribution is -2.51. The maximum atomic E-state index is 13.4. The quantitative estimate of drug-likeness (QED) is 0.774. The molecule has 1 amide bonds. The van der Waals surface area contributed by atoms with Crippen molar-refractivity contribution >= 4 is 5.91 Å². The van der Waals surface area contributed by atoms with Gasteiger partial charge in [-0.05, 0) is 26.0 Å². The zero-order chi connectivity index (χ0) is 19.1. The topological polar surface area (TPSA) is 45.3 Å². The van der Waals surface area contributed by atoms with Crippen LogP contribution in [0.2, 0.25) is 0 Å². The van der Waals surface area contributed by atoms with Crippen LogP contribution in [0.1, 0.15) is 24.4 Å². The number of rotatable bonds is 2. The third-order valence-corrected chi connectivity index (χ3v) is 7.21. The van der Waals surface area contributed by atoms with Crippen molar-refractivity contribution < 1.29 is 14.3 Å². The molecule has 0 aliphatic carbocycles. The zero-order valence-electron chi connectivity index (χ0n) is 16.8. The predicted octanol–water partition coefficient (Wildman–Crippen LogP) is 1.62. The van der Waals surface area contributed by atoms with Gasteiger partial charge in [0.1, 0.15) is 5.75 Å². The third kappa shape index (κ3) is 3.21. The molecule has 1 aromatic rings. The Kier molecular flexibility index (Phi) is 5.03. The number of carbonyl (C=O) groups excluding carboxylic acids is 1. The molecule has 4 aliphatic heterocycles. The van der Waals surface area contributed by atoms with Gasteiger partial charge < -0.3 is 14.4 Å². The third-order valence-electron chi connectivity index (χ3n) is 7.21. The van der Waals surface area contributed by atoms with E-state index in [1.807, 2.05) is 12.1 Å². The van der Waals surface area contributed by atoms with Gasteiger partial charge in [-0.25, -0.2) is 0 Å². The Labute approximate surface area is 167 Å². The van der Waals surface area contributed by atoms with Crippen LogP contribution in [0.15, 0.2) is 24.3 Å². The molecule has 0 aromatic heterocycles. The van der Waals surface area contributed by atoms with Crippen molar-refractivity contribution in [3.63, 3.8) is 0 Å². The zero-order valence-corrected chi connectivity index (χ0v) is 16.8. The lowest BCUT2D eigenvalue weighted by atomic mass is 9.84. The van der Waals surface area contributed by atoms with E-state index >= 15 is 0 Å². The summed E-state index contributed by atoms with van der Waals surface area (Å²) in [5.41, 5.74) is 1.24. The summed E-state index contributed by atoms with van der Waals surface area (Å²) in [5, 5.41) is 0. The van der Waals surface area contributed by atoms with Crippen molar-refractivity contribution in [2.24, 2.45) is 11.8 Å². The molecule has 3 fully saturated rings. The van der Waals surface area contributed by atoms with E-state index in [-0.39, 0.29) is 11.8 Å². The van der Waals surface area contributed by atoms with E-state index in [2.05, 4.69) is 33.9 Å². The number of morpholine rings is 1. The molecule has 0 N–H and O–H groups in total. The van der Waals surface area contributed by atoms with E-state index in [1.54, 1.807) is 0 Å². The van der Waals surface area contributed by atoms with Gasteiger partial charge in [0.15, 0.2) is 0 Å². The molecule has 3 atom stereocenters. The largest absolute Gasteiger partial charge is 0.493 e. The standard InChI is InChI=1S/C22H31N3O3/c1-23-14-18(19-15-28-20-5-3-2-4-17(20)21(19)23)22(26)25-8-6-16(7-9-25)24-10-12-27-13-11-24/h2-5,16,18-19,21H,6-15H2,1H3/t18-,19+,21+/m1/s1. The fraction of sp³-hybridized carbons (Fsp3) is 0.682. The minimum atomic E-state index is 0.0447. The van der Waals surface area contributed by atoms with Crippen molar-refractivity contribution in [3.05, 3.63) is 29.8 Å². The number of piperidine rings is 1. The van der Waals surface area contributed by atoms with E-state index in [1.165, 1.54) is 5.56 Å². The highest BCUT2D eigenvalue weighted by molar-refractivity contribution is 5.80. The molecule has 28 heavy (non-hydrogen) atoms. The first-order chi connectivity index (χ1) is 13.7. The molecule has 0 unspecified atom stereocenters. The summed E-state index contributed by atoms with van der Waals surface area (Å²) in [6.07, 6.45) is 2.17. The Morgan fingerprint density at radius 3 is 2.61 bits per heavy atom. The summed E-state index contributed by atoms with van der Waals surface area (Å²) in [7, 11) is 2.15. The van der Waals surface area contributed by atoms with Gasteiger partial charge in [0.05, 0.1) is 25.7 Å². The molecule has 4 heterocycles. The number of likely N-dealkylation sites (tertiary alicyclic amines) is 2. The minimum Gasteiger partial charge on any atom is -0.493 e. The van der Waals surface area contributed by atoms with Crippen LogP contribution in [0.4, 0.5) is 0 Å². The molecular weight excluding hydrogens is 354 g/mol. The van der Waals surface area contributed by atoms with E-state index in [9.17, 15) is 4.79 Å². The summed E-state index contributed by atoms with van der Waals surface area (Å²) < 4.78 is 11.5. The highest BCUT2D eigenvalue weighted by Crippen LogP contribution is 2.47. The van der Waals surface area contributed by atoms with E-state index < -0.39 is 0 Å². The number of hydrogen-bond acceptors (Lipinski definition) is 5. The van der Waals surface area contributed by atoms with Gasteiger partial charge in [0.2, 0.25) is 5.91 Å². The molecule has 1 aromatic carbocycles. The van der Waals surface area contributed by atoms with Gasteiger partial charge in [0.25, 0.3) is 0 Å². The number of fused-ring (bicyclic) bond motifs is 3. The van der Waals surface area contributed by atoms with Crippen molar-refractivity contribution in [2.75, 3.05) is 59.6 Å². The second kappa shape index (κ2) is 7.65. The molecule has 6 nitrogen and oxygen atoms in total. The maximum absolute atomic E-state index is 13.4. The molecule has 0 bridgehead atoms. The van der Waals surface area contributed by atoms with Crippen LogP contribution in [-0.2, 0) is 9.53 Å². The van der Waals surface area contributed by atoms with Crippen molar-refractivity contribution in [3.8, 4) is 5.75 Å². The van der Waals surface area contributed by atoms with Crippen LogP contribution in [-0.4, -0.2) is 86.2 Å². The summed E-state index contributed by atoms with van der Waals surface area (Å²) in [6.45, 7) is 7.00. The monoisotopic (exact) mass is 385 g/mol. The Morgan fingerprint density at radius 2 is 1.82 bits per heavy atom. The van der Waals surface area contributed by atoms with Crippen LogP contribution in [0, 0.1) is 11.8 Å². The van der Waals surface area contributed by atoms with Gasteiger partial charge in [-0.3, -0.25) is 14.6 Å². The molecule has 0 radical (unpaired) electrons. The van der Waals surface area contributed by atoms with Crippen molar-refractivity contribution in [1.29, 1.82) is 0 Å². The first-order valence-electron chi connectivity index (χ1n) is 10.7. The molecule has 0 spiro atoms. The van der Waals surface area contributed by atoms with Crippen LogP contribution >= 0.6 is 0 Å². The maximum Gasteiger partial charge on any atom is 0.227 e. The molecule has 4 aliphatic rings.